The highest BCUT2D eigenvalue weighted by Gasteiger charge is 2.21. The first kappa shape index (κ1) is 13.1. The van der Waals surface area contributed by atoms with Gasteiger partial charge in [-0.2, -0.15) is 0 Å². The maximum atomic E-state index is 10.2. The van der Waals surface area contributed by atoms with Crippen molar-refractivity contribution in [2.24, 2.45) is 0 Å². The van der Waals surface area contributed by atoms with E-state index in [1.807, 2.05) is 24.3 Å². The lowest BCUT2D eigenvalue weighted by molar-refractivity contribution is 0.139. The van der Waals surface area contributed by atoms with Crippen molar-refractivity contribution in [3.63, 3.8) is 0 Å². The molecule has 1 aromatic carbocycles. The Kier molecular flexibility index (Phi) is 4.60. The van der Waals surface area contributed by atoms with Gasteiger partial charge in [0.2, 0.25) is 0 Å². The van der Waals surface area contributed by atoms with E-state index < -0.39 is 0 Å². The molecule has 17 heavy (non-hydrogen) atoms. The van der Waals surface area contributed by atoms with Gasteiger partial charge < -0.3 is 10.0 Å². The quantitative estimate of drug-likeness (QED) is 0.921. The topological polar surface area (TPSA) is 23.5 Å². The van der Waals surface area contributed by atoms with Crippen LogP contribution in [0.3, 0.4) is 0 Å². The fourth-order valence-corrected chi connectivity index (χ4v) is 3.06. The van der Waals surface area contributed by atoms with Crippen molar-refractivity contribution in [3.8, 4) is 0 Å². The zero-order valence-corrected chi connectivity index (χ0v) is 11.9. The molecule has 1 aromatic rings. The van der Waals surface area contributed by atoms with Crippen molar-refractivity contribution in [1.29, 1.82) is 0 Å². The number of aliphatic hydroxyl groups excluding tert-OH is 1. The predicted octanol–water partition coefficient (Wildman–Crippen LogP) is 3.36. The fourth-order valence-electron chi connectivity index (χ4n) is 2.51. The van der Waals surface area contributed by atoms with Crippen LogP contribution in [-0.2, 0) is 0 Å². The van der Waals surface area contributed by atoms with Crippen LogP contribution in [0, 0.1) is 0 Å². The summed E-state index contributed by atoms with van der Waals surface area (Å²) < 4.78 is 1.00. The summed E-state index contributed by atoms with van der Waals surface area (Å²) in [7, 11) is 0. The van der Waals surface area contributed by atoms with Gasteiger partial charge in [-0.05, 0) is 44.4 Å². The molecule has 3 heteroatoms. The van der Waals surface area contributed by atoms with E-state index in [0.717, 1.165) is 23.0 Å². The number of nitrogens with zero attached hydrogens (tertiary/aromatic N) is 1. The van der Waals surface area contributed by atoms with Crippen LogP contribution in [0.15, 0.2) is 28.7 Å². The molecule has 1 aliphatic heterocycles. The standard InChI is InChI=1S/C14H20BrNO/c1-11-5-4-9-16(11)10-8-14(17)12-6-2-3-7-13(12)15/h2-3,6-7,11,14,17H,4-5,8-10H2,1H3. The van der Waals surface area contributed by atoms with Crippen LogP contribution in [0.5, 0.6) is 0 Å². The summed E-state index contributed by atoms with van der Waals surface area (Å²) in [5.41, 5.74) is 0.999. The Morgan fingerprint density at radius 1 is 1.47 bits per heavy atom. The van der Waals surface area contributed by atoms with Crippen molar-refractivity contribution in [2.75, 3.05) is 13.1 Å². The van der Waals surface area contributed by atoms with Gasteiger partial charge in [0.15, 0.2) is 0 Å². The number of benzene rings is 1. The molecule has 0 aromatic heterocycles. The highest BCUT2D eigenvalue weighted by Crippen LogP contribution is 2.26. The Balaban J connectivity index is 1.89. The first-order valence-corrected chi connectivity index (χ1v) is 7.14. The average Bonchev–Trinajstić information content (AvgIpc) is 2.72. The summed E-state index contributed by atoms with van der Waals surface area (Å²) in [6.07, 6.45) is 3.04. The van der Waals surface area contributed by atoms with Crippen LogP contribution in [0.2, 0.25) is 0 Å². The van der Waals surface area contributed by atoms with Crippen LogP contribution < -0.4 is 0 Å². The molecule has 0 aliphatic carbocycles. The second-order valence-electron chi connectivity index (χ2n) is 4.85. The zero-order valence-electron chi connectivity index (χ0n) is 10.3. The van der Waals surface area contributed by atoms with Gasteiger partial charge in [-0.1, -0.05) is 34.1 Å². The first-order chi connectivity index (χ1) is 8.18. The van der Waals surface area contributed by atoms with Crippen LogP contribution >= 0.6 is 15.9 Å². The molecule has 2 atom stereocenters. The predicted molar refractivity (Wildman–Crippen MR) is 74.0 cm³/mol. The molecule has 1 N–H and O–H groups in total. The molecular weight excluding hydrogens is 278 g/mol. The highest BCUT2D eigenvalue weighted by atomic mass is 79.9. The Morgan fingerprint density at radius 2 is 2.24 bits per heavy atom. The zero-order chi connectivity index (χ0) is 12.3. The van der Waals surface area contributed by atoms with Gasteiger partial charge in [-0.25, -0.2) is 0 Å². The molecule has 1 fully saturated rings. The number of aliphatic hydroxyl groups is 1. The van der Waals surface area contributed by atoms with E-state index in [2.05, 4.69) is 27.8 Å². The normalized spacial score (nSPS) is 22.9. The molecule has 0 spiro atoms. The van der Waals surface area contributed by atoms with Crippen LogP contribution in [0.25, 0.3) is 0 Å². The minimum atomic E-state index is -0.363. The molecule has 1 heterocycles. The van der Waals surface area contributed by atoms with Crippen molar-refractivity contribution in [2.45, 2.75) is 38.3 Å². The summed E-state index contributed by atoms with van der Waals surface area (Å²) in [4.78, 5) is 2.47. The van der Waals surface area contributed by atoms with E-state index in [1.165, 1.54) is 19.4 Å². The van der Waals surface area contributed by atoms with Gasteiger partial charge in [0.1, 0.15) is 0 Å². The van der Waals surface area contributed by atoms with Crippen molar-refractivity contribution in [3.05, 3.63) is 34.3 Å². The maximum absolute atomic E-state index is 10.2. The number of rotatable bonds is 4. The molecule has 2 unspecified atom stereocenters. The van der Waals surface area contributed by atoms with Gasteiger partial charge in [0, 0.05) is 17.1 Å². The number of halogens is 1. The summed E-state index contributed by atoms with van der Waals surface area (Å²) in [5.74, 6) is 0. The van der Waals surface area contributed by atoms with Crippen molar-refractivity contribution in [1.82, 2.24) is 4.90 Å². The van der Waals surface area contributed by atoms with E-state index in [0.29, 0.717) is 6.04 Å². The Labute approximate surface area is 112 Å². The highest BCUT2D eigenvalue weighted by molar-refractivity contribution is 9.10. The largest absolute Gasteiger partial charge is 0.388 e. The summed E-state index contributed by atoms with van der Waals surface area (Å²) >= 11 is 3.49. The van der Waals surface area contributed by atoms with Crippen LogP contribution in [0.1, 0.15) is 37.9 Å². The third-order valence-electron chi connectivity index (χ3n) is 3.64. The third-order valence-corrected chi connectivity index (χ3v) is 4.37. The Hall–Kier alpha value is -0.380. The van der Waals surface area contributed by atoms with Gasteiger partial charge in [-0.3, -0.25) is 0 Å². The Morgan fingerprint density at radius 3 is 2.88 bits per heavy atom. The lowest BCUT2D eigenvalue weighted by Gasteiger charge is -2.22. The second-order valence-corrected chi connectivity index (χ2v) is 5.71. The molecule has 2 nitrogen and oxygen atoms in total. The molecular formula is C14H20BrNO. The number of hydrogen-bond donors (Lipinski definition) is 1. The molecule has 1 aliphatic rings. The smallest absolute Gasteiger partial charge is 0.0813 e. The molecule has 0 amide bonds. The van der Waals surface area contributed by atoms with Crippen LogP contribution in [-0.4, -0.2) is 29.1 Å². The van der Waals surface area contributed by atoms with E-state index in [-0.39, 0.29) is 6.10 Å². The average molecular weight is 298 g/mol. The van der Waals surface area contributed by atoms with Crippen molar-refractivity contribution >= 4 is 15.9 Å². The minimum Gasteiger partial charge on any atom is -0.388 e. The van der Waals surface area contributed by atoms with Crippen molar-refractivity contribution < 1.29 is 5.11 Å². The molecule has 94 valence electrons. The second kappa shape index (κ2) is 5.98. The van der Waals surface area contributed by atoms with Crippen LogP contribution in [0.4, 0.5) is 0 Å². The first-order valence-electron chi connectivity index (χ1n) is 6.35. The maximum Gasteiger partial charge on any atom is 0.0813 e. The molecule has 0 bridgehead atoms. The molecule has 0 radical (unpaired) electrons. The van der Waals surface area contributed by atoms with E-state index in [4.69, 9.17) is 0 Å². The summed E-state index contributed by atoms with van der Waals surface area (Å²) in [6.45, 7) is 4.45. The number of hydrogen-bond acceptors (Lipinski definition) is 2. The van der Waals surface area contributed by atoms with E-state index in [1.54, 1.807) is 0 Å². The molecule has 2 rings (SSSR count). The molecule has 1 saturated heterocycles. The van der Waals surface area contributed by atoms with Gasteiger partial charge in [0.05, 0.1) is 6.10 Å². The lowest BCUT2D eigenvalue weighted by atomic mass is 10.1. The fraction of sp³-hybridized carbons (Fsp3) is 0.571. The number of likely N-dealkylation sites (tertiary alicyclic amines) is 1. The Bertz CT molecular complexity index is 369. The van der Waals surface area contributed by atoms with Gasteiger partial charge >= 0.3 is 0 Å². The summed E-state index contributed by atoms with van der Waals surface area (Å²) in [6, 6.07) is 8.60. The summed E-state index contributed by atoms with van der Waals surface area (Å²) in [5, 5.41) is 10.2. The third kappa shape index (κ3) is 3.30. The van der Waals surface area contributed by atoms with Gasteiger partial charge in [-0.15, -0.1) is 0 Å². The lowest BCUT2D eigenvalue weighted by Crippen LogP contribution is -2.28. The molecule has 0 saturated carbocycles. The minimum absolute atomic E-state index is 0.363. The van der Waals surface area contributed by atoms with E-state index >= 15 is 0 Å². The SMILES string of the molecule is CC1CCCN1CCC(O)c1ccccc1Br. The van der Waals surface area contributed by atoms with E-state index in [9.17, 15) is 5.11 Å². The van der Waals surface area contributed by atoms with Gasteiger partial charge in [0.25, 0.3) is 0 Å². The monoisotopic (exact) mass is 297 g/mol.